The van der Waals surface area contributed by atoms with Gasteiger partial charge in [0, 0.05) is 0 Å². The molecular formula is C19H23ClF3NO. The molecule has 0 spiro atoms. The third-order valence-corrected chi connectivity index (χ3v) is 4.84. The minimum Gasteiger partial charge on any atom is -0.406 e. The third kappa shape index (κ3) is 4.47. The van der Waals surface area contributed by atoms with Crippen molar-refractivity contribution in [1.29, 1.82) is 0 Å². The predicted molar refractivity (Wildman–Crippen MR) is 96.5 cm³/mol. The fourth-order valence-electron chi connectivity index (χ4n) is 3.04. The van der Waals surface area contributed by atoms with Crippen LogP contribution in [0.2, 0.25) is 0 Å². The molecule has 0 bridgehead atoms. The van der Waals surface area contributed by atoms with Gasteiger partial charge in [0.15, 0.2) is 0 Å². The Bertz CT molecular complexity index is 726. The second kappa shape index (κ2) is 7.67. The van der Waals surface area contributed by atoms with E-state index in [0.717, 1.165) is 22.3 Å². The number of halogens is 4. The Morgan fingerprint density at radius 3 is 1.60 bits per heavy atom. The molecule has 138 valence electrons. The molecule has 2 N–H and O–H groups in total. The largest absolute Gasteiger partial charge is 0.573 e. The maximum absolute atomic E-state index is 12.3. The molecule has 0 amide bonds. The zero-order valence-corrected chi connectivity index (χ0v) is 15.7. The quantitative estimate of drug-likeness (QED) is 0.760. The zero-order valence-electron chi connectivity index (χ0n) is 14.9. The van der Waals surface area contributed by atoms with Crippen molar-refractivity contribution in [3.8, 4) is 5.75 Å². The summed E-state index contributed by atoms with van der Waals surface area (Å²) in [5, 5.41) is 0. The first-order valence-corrected chi connectivity index (χ1v) is 7.71. The number of alkyl halides is 3. The molecule has 0 heterocycles. The Labute approximate surface area is 152 Å². The van der Waals surface area contributed by atoms with Crippen molar-refractivity contribution < 1.29 is 17.9 Å². The highest BCUT2D eigenvalue weighted by atomic mass is 35.5. The van der Waals surface area contributed by atoms with Crippen LogP contribution in [0, 0.1) is 34.6 Å². The average molecular weight is 374 g/mol. The minimum atomic E-state index is -4.69. The summed E-state index contributed by atoms with van der Waals surface area (Å²) in [5.41, 5.74) is 14.1. The van der Waals surface area contributed by atoms with Crippen molar-refractivity contribution >= 4 is 12.4 Å². The van der Waals surface area contributed by atoms with E-state index >= 15 is 0 Å². The van der Waals surface area contributed by atoms with Crippen molar-refractivity contribution in [1.82, 2.24) is 0 Å². The van der Waals surface area contributed by atoms with Gasteiger partial charge < -0.3 is 10.5 Å². The normalized spacial score (nSPS) is 12.5. The van der Waals surface area contributed by atoms with Gasteiger partial charge in [0.05, 0.1) is 6.04 Å². The van der Waals surface area contributed by atoms with E-state index in [9.17, 15) is 13.2 Å². The molecule has 0 aromatic heterocycles. The van der Waals surface area contributed by atoms with Crippen LogP contribution >= 0.6 is 12.4 Å². The number of hydrogen-bond acceptors (Lipinski definition) is 2. The number of hydrogen-bond donors (Lipinski definition) is 1. The third-order valence-electron chi connectivity index (χ3n) is 4.84. The smallest absolute Gasteiger partial charge is 0.406 e. The summed E-state index contributed by atoms with van der Waals surface area (Å²) in [6.07, 6.45) is -4.69. The molecule has 0 saturated heterocycles. The van der Waals surface area contributed by atoms with Crippen molar-refractivity contribution in [3.05, 3.63) is 63.2 Å². The highest BCUT2D eigenvalue weighted by Crippen LogP contribution is 2.33. The Kier molecular flexibility index (Phi) is 6.54. The molecular weight excluding hydrogens is 351 g/mol. The van der Waals surface area contributed by atoms with Gasteiger partial charge in [-0.15, -0.1) is 25.6 Å². The molecule has 0 unspecified atom stereocenters. The van der Waals surface area contributed by atoms with E-state index in [4.69, 9.17) is 5.73 Å². The number of nitrogens with two attached hydrogens (primary N) is 1. The molecule has 1 atom stereocenters. The fraction of sp³-hybridized carbons (Fsp3) is 0.368. The monoisotopic (exact) mass is 373 g/mol. The fourth-order valence-corrected chi connectivity index (χ4v) is 3.04. The molecule has 0 fully saturated rings. The van der Waals surface area contributed by atoms with Crippen LogP contribution in [0.4, 0.5) is 13.2 Å². The van der Waals surface area contributed by atoms with Gasteiger partial charge in [-0.05, 0) is 85.7 Å². The predicted octanol–water partition coefficient (Wildman–Crippen LogP) is 5.60. The first-order valence-electron chi connectivity index (χ1n) is 7.71. The van der Waals surface area contributed by atoms with Gasteiger partial charge in [0.1, 0.15) is 5.75 Å². The molecule has 0 aliphatic rings. The summed E-state index contributed by atoms with van der Waals surface area (Å²) in [4.78, 5) is 0. The molecule has 0 radical (unpaired) electrons. The molecule has 2 aromatic rings. The van der Waals surface area contributed by atoms with Gasteiger partial charge in [0.2, 0.25) is 0 Å². The SMILES string of the molecule is Cc1c(C)c(C)c([C@@H](N)c2ccc(OC(F)(F)F)cc2)c(C)c1C.Cl. The molecule has 0 aliphatic carbocycles. The summed E-state index contributed by atoms with van der Waals surface area (Å²) in [6.45, 7) is 10.3. The van der Waals surface area contributed by atoms with Crippen molar-refractivity contribution in [2.45, 2.75) is 47.0 Å². The first kappa shape index (κ1) is 21.3. The van der Waals surface area contributed by atoms with E-state index in [-0.39, 0.29) is 18.2 Å². The van der Waals surface area contributed by atoms with E-state index in [1.54, 1.807) is 12.1 Å². The first-order chi connectivity index (χ1) is 11.0. The minimum absolute atomic E-state index is 0. The number of rotatable bonds is 3. The van der Waals surface area contributed by atoms with E-state index in [1.165, 1.54) is 28.8 Å². The van der Waals surface area contributed by atoms with Gasteiger partial charge in [-0.1, -0.05) is 12.1 Å². The Hall–Kier alpha value is -1.72. The van der Waals surface area contributed by atoms with E-state index in [2.05, 4.69) is 25.5 Å². The van der Waals surface area contributed by atoms with Gasteiger partial charge in [-0.25, -0.2) is 0 Å². The van der Waals surface area contributed by atoms with Crippen molar-refractivity contribution in [2.75, 3.05) is 0 Å². The standard InChI is InChI=1S/C19H22F3NO.ClH/c1-10-11(2)13(4)17(14(5)12(10)3)18(23)15-6-8-16(9-7-15)24-19(20,21)22;/h6-9,18H,23H2,1-5H3;1H/t18-;/m0./s1. The van der Waals surface area contributed by atoms with E-state index in [1.807, 2.05) is 13.8 Å². The molecule has 2 aromatic carbocycles. The van der Waals surface area contributed by atoms with Crippen LogP contribution in [0.15, 0.2) is 24.3 Å². The maximum Gasteiger partial charge on any atom is 0.573 e. The topological polar surface area (TPSA) is 35.2 Å². The van der Waals surface area contributed by atoms with Crippen LogP contribution in [0.5, 0.6) is 5.75 Å². The van der Waals surface area contributed by atoms with E-state index in [0.29, 0.717) is 0 Å². The zero-order chi connectivity index (χ0) is 18.2. The lowest BCUT2D eigenvalue weighted by molar-refractivity contribution is -0.274. The summed E-state index contributed by atoms with van der Waals surface area (Å²) < 4.78 is 40.7. The lowest BCUT2D eigenvalue weighted by Gasteiger charge is -2.23. The van der Waals surface area contributed by atoms with Crippen LogP contribution in [-0.4, -0.2) is 6.36 Å². The van der Waals surface area contributed by atoms with Gasteiger partial charge in [-0.3, -0.25) is 0 Å². The van der Waals surface area contributed by atoms with Crippen LogP contribution in [0.1, 0.15) is 45.0 Å². The average Bonchev–Trinajstić information content (AvgIpc) is 2.50. The summed E-state index contributed by atoms with van der Waals surface area (Å²) >= 11 is 0. The number of ether oxygens (including phenoxy) is 1. The van der Waals surface area contributed by atoms with Crippen LogP contribution in [-0.2, 0) is 0 Å². The summed E-state index contributed by atoms with van der Waals surface area (Å²) in [7, 11) is 0. The molecule has 0 aliphatic heterocycles. The second-order valence-corrected chi connectivity index (χ2v) is 6.13. The van der Waals surface area contributed by atoms with Gasteiger partial charge in [0.25, 0.3) is 0 Å². The Morgan fingerprint density at radius 2 is 1.20 bits per heavy atom. The van der Waals surface area contributed by atoms with Crippen LogP contribution in [0.3, 0.4) is 0 Å². The Morgan fingerprint density at radius 1 is 0.800 bits per heavy atom. The van der Waals surface area contributed by atoms with Crippen LogP contribution in [0.25, 0.3) is 0 Å². The van der Waals surface area contributed by atoms with Crippen molar-refractivity contribution in [2.24, 2.45) is 5.73 Å². The van der Waals surface area contributed by atoms with Gasteiger partial charge in [-0.2, -0.15) is 0 Å². The summed E-state index contributed by atoms with van der Waals surface area (Å²) in [5.74, 6) is -0.247. The molecule has 25 heavy (non-hydrogen) atoms. The maximum atomic E-state index is 12.3. The molecule has 2 rings (SSSR count). The lowest BCUT2D eigenvalue weighted by atomic mass is 9.84. The second-order valence-electron chi connectivity index (χ2n) is 6.13. The molecule has 0 saturated carbocycles. The van der Waals surface area contributed by atoms with Gasteiger partial charge >= 0.3 is 6.36 Å². The molecule has 6 heteroatoms. The summed E-state index contributed by atoms with van der Waals surface area (Å²) in [6, 6.07) is 5.34. The number of benzene rings is 2. The Balaban J connectivity index is 0.00000312. The highest BCUT2D eigenvalue weighted by Gasteiger charge is 2.31. The van der Waals surface area contributed by atoms with Crippen LogP contribution < -0.4 is 10.5 Å². The lowest BCUT2D eigenvalue weighted by Crippen LogP contribution is -2.18. The highest BCUT2D eigenvalue weighted by molar-refractivity contribution is 5.85. The van der Waals surface area contributed by atoms with E-state index < -0.39 is 12.4 Å². The molecule has 2 nitrogen and oxygen atoms in total. The van der Waals surface area contributed by atoms with Crippen molar-refractivity contribution in [3.63, 3.8) is 0 Å².